The van der Waals surface area contributed by atoms with Crippen LogP contribution in [0.25, 0.3) is 0 Å². The first kappa shape index (κ1) is 14.6. The summed E-state index contributed by atoms with van der Waals surface area (Å²) in [4.78, 5) is 0. The molecule has 102 valence electrons. The van der Waals surface area contributed by atoms with Crippen molar-refractivity contribution < 1.29 is 13.5 Å². The highest BCUT2D eigenvalue weighted by Crippen LogP contribution is 2.25. The molecule has 0 aromatic heterocycles. The van der Waals surface area contributed by atoms with Gasteiger partial charge in [-0.15, -0.1) is 0 Å². The molecule has 1 aromatic rings. The number of sulfonamides is 1. The van der Waals surface area contributed by atoms with Crippen molar-refractivity contribution >= 4 is 21.4 Å². The zero-order valence-electron chi connectivity index (χ0n) is 10.9. The van der Waals surface area contributed by atoms with Gasteiger partial charge >= 0.3 is 0 Å². The van der Waals surface area contributed by atoms with E-state index in [9.17, 15) is 13.5 Å². The molecule has 1 aromatic carbocycles. The molecule has 0 fully saturated rings. The average molecular weight is 272 g/mol. The van der Waals surface area contributed by atoms with Gasteiger partial charge in [-0.1, -0.05) is 20.8 Å². The molecule has 0 unspecified atom stereocenters. The molecule has 0 spiro atoms. The van der Waals surface area contributed by atoms with Gasteiger partial charge in [0, 0.05) is 6.07 Å². The third kappa shape index (κ3) is 4.83. The minimum Gasteiger partial charge on any atom is -0.508 e. The van der Waals surface area contributed by atoms with Crippen molar-refractivity contribution in [2.75, 3.05) is 16.2 Å². The van der Waals surface area contributed by atoms with Crippen LogP contribution in [0.5, 0.6) is 5.75 Å². The summed E-state index contributed by atoms with van der Waals surface area (Å²) in [6, 6.07) is 4.14. The topological polar surface area (TPSA) is 92.4 Å². The molecule has 0 aliphatic heterocycles. The second-order valence-electron chi connectivity index (χ2n) is 5.50. The largest absolute Gasteiger partial charge is 0.508 e. The van der Waals surface area contributed by atoms with Gasteiger partial charge in [-0.2, -0.15) is 0 Å². The molecule has 0 atom stereocenters. The third-order valence-corrected chi connectivity index (χ3v) is 3.69. The molecule has 0 aliphatic rings. The van der Waals surface area contributed by atoms with Crippen LogP contribution in [0.15, 0.2) is 18.2 Å². The van der Waals surface area contributed by atoms with Crippen molar-refractivity contribution in [2.45, 2.75) is 27.2 Å². The van der Waals surface area contributed by atoms with E-state index in [1.807, 2.05) is 20.8 Å². The van der Waals surface area contributed by atoms with E-state index in [-0.39, 0.29) is 22.6 Å². The molecule has 5 nitrogen and oxygen atoms in total. The van der Waals surface area contributed by atoms with Gasteiger partial charge in [0.2, 0.25) is 10.0 Å². The van der Waals surface area contributed by atoms with Gasteiger partial charge < -0.3 is 10.8 Å². The van der Waals surface area contributed by atoms with Gasteiger partial charge in [-0.25, -0.2) is 8.42 Å². The van der Waals surface area contributed by atoms with E-state index in [1.54, 1.807) is 0 Å². The summed E-state index contributed by atoms with van der Waals surface area (Å²) >= 11 is 0. The van der Waals surface area contributed by atoms with Crippen LogP contribution in [-0.4, -0.2) is 19.3 Å². The van der Waals surface area contributed by atoms with Crippen LogP contribution in [0.4, 0.5) is 11.4 Å². The minimum atomic E-state index is -3.41. The molecule has 6 heteroatoms. The number of aromatic hydroxyl groups is 1. The van der Waals surface area contributed by atoms with E-state index in [2.05, 4.69) is 4.72 Å². The summed E-state index contributed by atoms with van der Waals surface area (Å²) in [5, 5.41) is 9.19. The molecule has 0 saturated heterocycles. The van der Waals surface area contributed by atoms with Crippen LogP contribution in [-0.2, 0) is 10.0 Å². The lowest BCUT2D eigenvalue weighted by Crippen LogP contribution is -2.21. The Kier molecular flexibility index (Phi) is 4.11. The van der Waals surface area contributed by atoms with Gasteiger partial charge in [-0.3, -0.25) is 4.72 Å². The van der Waals surface area contributed by atoms with E-state index >= 15 is 0 Å². The lowest BCUT2D eigenvalue weighted by atomic mass is 9.94. The number of benzene rings is 1. The predicted molar refractivity (Wildman–Crippen MR) is 74.0 cm³/mol. The minimum absolute atomic E-state index is 0.00476. The summed E-state index contributed by atoms with van der Waals surface area (Å²) in [5.74, 6) is 0.0433. The summed E-state index contributed by atoms with van der Waals surface area (Å²) < 4.78 is 26.1. The Morgan fingerprint density at radius 3 is 2.44 bits per heavy atom. The number of hydrogen-bond acceptors (Lipinski definition) is 4. The van der Waals surface area contributed by atoms with Gasteiger partial charge in [0.05, 0.1) is 17.1 Å². The zero-order chi connectivity index (χ0) is 14.0. The zero-order valence-corrected chi connectivity index (χ0v) is 11.7. The molecule has 18 heavy (non-hydrogen) atoms. The fourth-order valence-corrected chi connectivity index (χ4v) is 2.81. The molecule has 0 amide bonds. The van der Waals surface area contributed by atoms with Crippen molar-refractivity contribution in [2.24, 2.45) is 5.41 Å². The molecule has 0 bridgehead atoms. The Morgan fingerprint density at radius 1 is 1.33 bits per heavy atom. The Labute approximate surface area is 108 Å². The average Bonchev–Trinajstić information content (AvgIpc) is 2.19. The first-order valence-corrected chi connectivity index (χ1v) is 7.33. The Hall–Kier alpha value is -1.43. The van der Waals surface area contributed by atoms with Gasteiger partial charge in [-0.05, 0) is 24.0 Å². The van der Waals surface area contributed by atoms with Crippen LogP contribution in [0.1, 0.15) is 27.2 Å². The maximum Gasteiger partial charge on any atom is 0.232 e. The van der Waals surface area contributed by atoms with Crippen LogP contribution in [0.3, 0.4) is 0 Å². The summed E-state index contributed by atoms with van der Waals surface area (Å²) in [5.41, 5.74) is 6.07. The predicted octanol–water partition coefficient (Wildman–Crippen LogP) is 2.15. The molecular formula is C12H20N2O3S. The highest BCUT2D eigenvalue weighted by molar-refractivity contribution is 7.92. The summed E-state index contributed by atoms with van der Waals surface area (Å²) in [6.07, 6.45) is 0.556. The lowest BCUT2D eigenvalue weighted by molar-refractivity contribution is 0.397. The molecule has 0 aliphatic carbocycles. The number of phenolic OH excluding ortho intramolecular Hbond substituents is 1. The maximum atomic E-state index is 11.9. The number of nitrogen functional groups attached to an aromatic ring is 1. The Balaban J connectivity index is 2.77. The number of phenols is 1. The van der Waals surface area contributed by atoms with Crippen LogP contribution >= 0.6 is 0 Å². The van der Waals surface area contributed by atoms with E-state index in [0.29, 0.717) is 12.1 Å². The van der Waals surface area contributed by atoms with Gasteiger partial charge in [0.25, 0.3) is 0 Å². The molecule has 1 rings (SSSR count). The SMILES string of the molecule is CC(C)(C)CCS(=O)(=O)Nc1ccc(O)cc1N. The van der Waals surface area contributed by atoms with E-state index in [1.165, 1.54) is 18.2 Å². The van der Waals surface area contributed by atoms with Gasteiger partial charge in [0.1, 0.15) is 5.75 Å². The lowest BCUT2D eigenvalue weighted by Gasteiger charge is -2.18. The summed E-state index contributed by atoms with van der Waals surface area (Å²) in [7, 11) is -3.41. The summed E-state index contributed by atoms with van der Waals surface area (Å²) in [6.45, 7) is 5.95. The first-order chi connectivity index (χ1) is 8.09. The van der Waals surface area contributed by atoms with Crippen LogP contribution < -0.4 is 10.5 Å². The van der Waals surface area contributed by atoms with E-state index in [0.717, 1.165) is 0 Å². The monoisotopic (exact) mass is 272 g/mol. The molecule has 0 heterocycles. The van der Waals surface area contributed by atoms with Crippen molar-refractivity contribution in [1.29, 1.82) is 0 Å². The third-order valence-electron chi connectivity index (χ3n) is 2.42. The van der Waals surface area contributed by atoms with Crippen LogP contribution in [0.2, 0.25) is 0 Å². The van der Waals surface area contributed by atoms with Crippen molar-refractivity contribution in [3.63, 3.8) is 0 Å². The quantitative estimate of drug-likeness (QED) is 0.578. The fraction of sp³-hybridized carbons (Fsp3) is 0.500. The Morgan fingerprint density at radius 2 is 1.94 bits per heavy atom. The molecule has 0 radical (unpaired) electrons. The fourth-order valence-electron chi connectivity index (χ4n) is 1.30. The van der Waals surface area contributed by atoms with Crippen molar-refractivity contribution in [3.05, 3.63) is 18.2 Å². The van der Waals surface area contributed by atoms with E-state index < -0.39 is 10.0 Å². The highest BCUT2D eigenvalue weighted by Gasteiger charge is 2.18. The Bertz CT molecular complexity index is 519. The first-order valence-electron chi connectivity index (χ1n) is 5.68. The van der Waals surface area contributed by atoms with Crippen LogP contribution in [0, 0.1) is 5.41 Å². The van der Waals surface area contributed by atoms with Gasteiger partial charge in [0.15, 0.2) is 0 Å². The molecule has 0 saturated carbocycles. The van der Waals surface area contributed by atoms with E-state index in [4.69, 9.17) is 5.73 Å². The number of nitrogens with two attached hydrogens (primary N) is 1. The number of hydrogen-bond donors (Lipinski definition) is 3. The maximum absolute atomic E-state index is 11.9. The number of nitrogens with one attached hydrogen (secondary N) is 1. The molecular weight excluding hydrogens is 252 g/mol. The molecule has 4 N–H and O–H groups in total. The smallest absolute Gasteiger partial charge is 0.232 e. The highest BCUT2D eigenvalue weighted by atomic mass is 32.2. The second kappa shape index (κ2) is 5.06. The standard InChI is InChI=1S/C12H20N2O3S/c1-12(2,3)6-7-18(16,17)14-11-5-4-9(15)8-10(11)13/h4-5,8,14-15H,6-7,13H2,1-3H3. The van der Waals surface area contributed by atoms with Crippen molar-refractivity contribution in [3.8, 4) is 5.75 Å². The van der Waals surface area contributed by atoms with Crippen molar-refractivity contribution in [1.82, 2.24) is 0 Å². The number of rotatable bonds is 4. The second-order valence-corrected chi connectivity index (χ2v) is 7.35. The normalized spacial score (nSPS) is 12.4. The number of anilines is 2.